The number of anilines is 1. The molecule has 6 nitrogen and oxygen atoms in total. The van der Waals surface area contributed by atoms with E-state index in [0.717, 1.165) is 5.82 Å². The summed E-state index contributed by atoms with van der Waals surface area (Å²) in [6, 6.07) is 7.31. The predicted octanol–water partition coefficient (Wildman–Crippen LogP) is 5.47. The molecule has 3 atom stereocenters. The maximum absolute atomic E-state index is 14.7. The maximum atomic E-state index is 14.7. The molecule has 0 aliphatic heterocycles. The molecular weight excluding hydrogens is 443 g/mol. The molecule has 0 radical (unpaired) electrons. The van der Waals surface area contributed by atoms with Crippen LogP contribution in [0.5, 0.6) is 5.75 Å². The number of fused-ring (bicyclic) bond motifs is 2. The number of nitrogens with zero attached hydrogens (tertiary/aromatic N) is 3. The smallest absolute Gasteiger partial charge is 0.243 e. The van der Waals surface area contributed by atoms with E-state index in [2.05, 4.69) is 34.3 Å². The molecule has 0 unspecified atom stereocenters. The van der Waals surface area contributed by atoms with Crippen LogP contribution in [0.4, 0.5) is 10.2 Å². The fourth-order valence-corrected chi connectivity index (χ4v) is 6.70. The molecular formula is C28H35FN4O2. The Balaban J connectivity index is 1.40. The van der Waals surface area contributed by atoms with E-state index in [4.69, 9.17) is 0 Å². The van der Waals surface area contributed by atoms with Gasteiger partial charge in [-0.05, 0) is 86.1 Å². The number of phenols is 1. The van der Waals surface area contributed by atoms with Gasteiger partial charge in [-0.15, -0.1) is 10.2 Å². The summed E-state index contributed by atoms with van der Waals surface area (Å²) in [6.07, 6.45) is 12.6. The average Bonchev–Trinajstić information content (AvgIpc) is 3.63. The molecule has 2 aromatic rings. The van der Waals surface area contributed by atoms with Crippen LogP contribution < -0.4 is 10.2 Å². The monoisotopic (exact) mass is 478 g/mol. The molecule has 1 amide bonds. The molecule has 1 heterocycles. The zero-order chi connectivity index (χ0) is 24.8. The Morgan fingerprint density at radius 3 is 2.46 bits per heavy atom. The standard InChI is InChI=1S/C28H35FN4O2/c1-27-11-4-12-28(2,17-27)16-20(15-27)33(19-6-7-19)25-9-8-23(31-32-25)21-14-22(29)18(13-24(21)34)5-10-26(35)30-3/h5,8-10,13-14,19-20,34H,4,6-7,11-12,15-17H2,1-3H3,(H,30,35)/b10-5+/t20-,27-,28+. The van der Waals surface area contributed by atoms with Gasteiger partial charge in [-0.25, -0.2) is 4.39 Å². The number of phenolic OH excluding ortho intramolecular Hbond substituents is 1. The molecule has 3 aliphatic rings. The van der Waals surface area contributed by atoms with E-state index in [1.54, 1.807) is 0 Å². The van der Waals surface area contributed by atoms with E-state index in [-0.39, 0.29) is 22.8 Å². The van der Waals surface area contributed by atoms with Gasteiger partial charge in [0.15, 0.2) is 5.82 Å². The molecule has 2 N–H and O–H groups in total. The molecule has 186 valence electrons. The van der Waals surface area contributed by atoms with Gasteiger partial charge in [-0.3, -0.25) is 4.79 Å². The topological polar surface area (TPSA) is 78.4 Å². The Kier molecular flexibility index (Phi) is 6.06. The Hall–Kier alpha value is -2.96. The molecule has 3 fully saturated rings. The minimum atomic E-state index is -0.543. The highest BCUT2D eigenvalue weighted by Gasteiger charge is 2.49. The molecule has 5 rings (SSSR count). The van der Waals surface area contributed by atoms with Crippen molar-refractivity contribution in [1.82, 2.24) is 15.5 Å². The predicted molar refractivity (Wildman–Crippen MR) is 135 cm³/mol. The van der Waals surface area contributed by atoms with Crippen LogP contribution in [0.1, 0.15) is 70.8 Å². The highest BCUT2D eigenvalue weighted by molar-refractivity contribution is 5.91. The van der Waals surface area contributed by atoms with Crippen LogP contribution in [0.15, 0.2) is 30.3 Å². The lowest BCUT2D eigenvalue weighted by atomic mass is 9.55. The van der Waals surface area contributed by atoms with Gasteiger partial charge < -0.3 is 15.3 Å². The molecule has 7 heteroatoms. The SMILES string of the molecule is CNC(=O)/C=C/c1cc(O)c(-c2ccc(N(C3CC3)[C@H]3C[C@]4(C)CCC[C@](C)(C3)C4)nn2)cc1F. The van der Waals surface area contributed by atoms with Gasteiger partial charge in [-0.2, -0.15) is 0 Å². The number of rotatable bonds is 6. The van der Waals surface area contributed by atoms with Crippen molar-refractivity contribution in [2.24, 2.45) is 10.8 Å². The zero-order valence-electron chi connectivity index (χ0n) is 20.9. The van der Waals surface area contributed by atoms with Crippen molar-refractivity contribution in [2.45, 2.75) is 77.3 Å². The molecule has 1 aromatic heterocycles. The third-order valence-electron chi connectivity index (χ3n) is 8.17. The van der Waals surface area contributed by atoms with Gasteiger partial charge >= 0.3 is 0 Å². The summed E-state index contributed by atoms with van der Waals surface area (Å²) in [5, 5.41) is 22.0. The Labute approximate surface area is 206 Å². The lowest BCUT2D eigenvalue weighted by Gasteiger charge is -2.54. The lowest BCUT2D eigenvalue weighted by molar-refractivity contribution is -0.115. The summed E-state index contributed by atoms with van der Waals surface area (Å²) in [6.45, 7) is 4.92. The van der Waals surface area contributed by atoms with Crippen molar-refractivity contribution >= 4 is 17.8 Å². The summed E-state index contributed by atoms with van der Waals surface area (Å²) in [4.78, 5) is 13.9. The summed E-state index contributed by atoms with van der Waals surface area (Å²) in [7, 11) is 1.50. The number of amides is 1. The van der Waals surface area contributed by atoms with Crippen molar-refractivity contribution in [3.63, 3.8) is 0 Å². The average molecular weight is 479 g/mol. The highest BCUT2D eigenvalue weighted by Crippen LogP contribution is 2.57. The van der Waals surface area contributed by atoms with E-state index < -0.39 is 5.82 Å². The normalized spacial score (nSPS) is 28.2. The number of carbonyl (C=O) groups excluding carboxylic acids is 1. The second-order valence-corrected chi connectivity index (χ2v) is 11.5. The summed E-state index contributed by atoms with van der Waals surface area (Å²) in [5.74, 6) is -0.124. The van der Waals surface area contributed by atoms with Gasteiger partial charge in [0, 0.05) is 36.3 Å². The number of aromatic hydroxyl groups is 1. The van der Waals surface area contributed by atoms with Crippen molar-refractivity contribution < 1.29 is 14.3 Å². The summed E-state index contributed by atoms with van der Waals surface area (Å²) >= 11 is 0. The van der Waals surface area contributed by atoms with Crippen LogP contribution in [-0.2, 0) is 4.79 Å². The molecule has 2 bridgehead atoms. The maximum Gasteiger partial charge on any atom is 0.243 e. The minimum Gasteiger partial charge on any atom is -0.507 e. The van der Waals surface area contributed by atoms with E-state index in [0.29, 0.717) is 28.6 Å². The molecule has 3 aliphatic carbocycles. The van der Waals surface area contributed by atoms with Crippen molar-refractivity contribution in [2.75, 3.05) is 11.9 Å². The Bertz CT molecular complexity index is 1130. The number of hydrogen-bond donors (Lipinski definition) is 2. The van der Waals surface area contributed by atoms with Gasteiger partial charge in [0.1, 0.15) is 11.6 Å². The zero-order valence-corrected chi connectivity index (χ0v) is 20.9. The molecule has 0 saturated heterocycles. The minimum absolute atomic E-state index is 0.106. The first-order chi connectivity index (χ1) is 16.7. The van der Waals surface area contributed by atoms with Crippen LogP contribution in [0.3, 0.4) is 0 Å². The summed E-state index contributed by atoms with van der Waals surface area (Å²) < 4.78 is 14.7. The summed E-state index contributed by atoms with van der Waals surface area (Å²) in [5.41, 5.74) is 1.62. The molecule has 0 spiro atoms. The number of nitrogens with one attached hydrogen (secondary N) is 1. The second-order valence-electron chi connectivity index (χ2n) is 11.5. The third-order valence-corrected chi connectivity index (χ3v) is 8.17. The van der Waals surface area contributed by atoms with Crippen LogP contribution >= 0.6 is 0 Å². The molecule has 35 heavy (non-hydrogen) atoms. The number of hydrogen-bond acceptors (Lipinski definition) is 5. The largest absolute Gasteiger partial charge is 0.507 e. The van der Waals surface area contributed by atoms with E-state index in [9.17, 15) is 14.3 Å². The first-order valence-electron chi connectivity index (χ1n) is 12.7. The van der Waals surface area contributed by atoms with Crippen LogP contribution in [0.2, 0.25) is 0 Å². The highest BCUT2D eigenvalue weighted by atomic mass is 19.1. The molecule has 1 aromatic carbocycles. The van der Waals surface area contributed by atoms with Gasteiger partial charge in [0.25, 0.3) is 0 Å². The quantitative estimate of drug-likeness (QED) is 0.539. The lowest BCUT2D eigenvalue weighted by Crippen LogP contribution is -2.51. The number of likely N-dealkylation sites (N-methyl/N-ethyl adjacent to an activating group) is 1. The van der Waals surface area contributed by atoms with E-state index >= 15 is 0 Å². The van der Waals surface area contributed by atoms with Gasteiger partial charge in [-0.1, -0.05) is 20.3 Å². The fourth-order valence-electron chi connectivity index (χ4n) is 6.70. The number of carbonyl (C=O) groups is 1. The Morgan fingerprint density at radius 1 is 1.14 bits per heavy atom. The first-order valence-corrected chi connectivity index (χ1v) is 12.7. The third kappa shape index (κ3) is 4.91. The number of halogens is 1. The number of benzene rings is 1. The first kappa shape index (κ1) is 23.8. The number of aromatic nitrogens is 2. The van der Waals surface area contributed by atoms with E-state index in [1.165, 1.54) is 82.7 Å². The molecule has 3 saturated carbocycles. The Morgan fingerprint density at radius 2 is 1.86 bits per heavy atom. The van der Waals surface area contributed by atoms with E-state index in [1.807, 2.05) is 12.1 Å². The van der Waals surface area contributed by atoms with Crippen LogP contribution in [0, 0.1) is 16.6 Å². The fraction of sp³-hybridized carbons (Fsp3) is 0.536. The van der Waals surface area contributed by atoms with Crippen LogP contribution in [-0.4, -0.2) is 40.3 Å². The van der Waals surface area contributed by atoms with Crippen molar-refractivity contribution in [3.8, 4) is 17.0 Å². The second kappa shape index (κ2) is 8.92. The van der Waals surface area contributed by atoms with Crippen LogP contribution in [0.25, 0.3) is 17.3 Å². The van der Waals surface area contributed by atoms with Crippen molar-refractivity contribution in [3.05, 3.63) is 41.7 Å². The van der Waals surface area contributed by atoms with Gasteiger partial charge in [0.05, 0.1) is 5.69 Å². The van der Waals surface area contributed by atoms with Crippen molar-refractivity contribution in [1.29, 1.82) is 0 Å². The van der Waals surface area contributed by atoms with Gasteiger partial charge in [0.2, 0.25) is 5.91 Å².